The van der Waals surface area contributed by atoms with Crippen molar-refractivity contribution >= 4 is 0 Å². The summed E-state index contributed by atoms with van der Waals surface area (Å²) in [6.07, 6.45) is 1.12. The first-order valence-corrected chi connectivity index (χ1v) is 6.15. The average Bonchev–Trinajstić information content (AvgIpc) is 2.29. The largest absolute Gasteiger partial charge is 0.382 e. The summed E-state index contributed by atoms with van der Waals surface area (Å²) in [4.78, 5) is 2.51. The molecule has 2 N–H and O–H groups in total. The topological polar surface area (TPSA) is 36.5 Å². The van der Waals surface area contributed by atoms with Crippen LogP contribution in [-0.4, -0.2) is 63.9 Å². The van der Waals surface area contributed by atoms with Crippen LogP contribution < -0.4 is 10.6 Å². The van der Waals surface area contributed by atoms with E-state index in [4.69, 9.17) is 4.74 Å². The van der Waals surface area contributed by atoms with Gasteiger partial charge in [0, 0.05) is 52.5 Å². The molecule has 90 valence electrons. The molecule has 0 bridgehead atoms. The smallest absolute Gasteiger partial charge is 0.0477 e. The van der Waals surface area contributed by atoms with E-state index in [9.17, 15) is 0 Å². The van der Waals surface area contributed by atoms with Crippen molar-refractivity contribution < 1.29 is 4.74 Å². The minimum atomic E-state index is 0.834. The number of hydrogen-bond donors (Lipinski definition) is 2. The van der Waals surface area contributed by atoms with Crippen molar-refractivity contribution in [1.29, 1.82) is 0 Å². The zero-order valence-electron chi connectivity index (χ0n) is 9.93. The van der Waals surface area contributed by atoms with Crippen LogP contribution in [0.1, 0.15) is 13.3 Å². The molecule has 0 aromatic carbocycles. The lowest BCUT2D eigenvalue weighted by atomic mass is 10.3. The summed E-state index contributed by atoms with van der Waals surface area (Å²) in [6, 6.07) is 0. The summed E-state index contributed by atoms with van der Waals surface area (Å²) >= 11 is 0. The van der Waals surface area contributed by atoms with E-state index in [1.54, 1.807) is 0 Å². The Kier molecular flexibility index (Phi) is 7.83. The van der Waals surface area contributed by atoms with Gasteiger partial charge in [-0.1, -0.05) is 0 Å². The monoisotopic (exact) mass is 215 g/mol. The van der Waals surface area contributed by atoms with Crippen LogP contribution in [-0.2, 0) is 4.74 Å². The quantitative estimate of drug-likeness (QED) is 0.555. The molecule has 0 unspecified atom stereocenters. The number of nitrogens with one attached hydrogen (secondary N) is 2. The second-order valence-corrected chi connectivity index (χ2v) is 3.89. The van der Waals surface area contributed by atoms with Gasteiger partial charge in [-0.2, -0.15) is 0 Å². The maximum atomic E-state index is 5.27. The zero-order valence-corrected chi connectivity index (χ0v) is 9.93. The van der Waals surface area contributed by atoms with Gasteiger partial charge in [0.25, 0.3) is 0 Å². The van der Waals surface area contributed by atoms with Crippen molar-refractivity contribution in [1.82, 2.24) is 15.5 Å². The average molecular weight is 215 g/mol. The van der Waals surface area contributed by atoms with Crippen LogP contribution in [0.3, 0.4) is 0 Å². The van der Waals surface area contributed by atoms with Crippen LogP contribution in [0.25, 0.3) is 0 Å². The molecule has 4 heteroatoms. The Morgan fingerprint density at radius 1 is 1.27 bits per heavy atom. The molecule has 1 heterocycles. The van der Waals surface area contributed by atoms with Gasteiger partial charge in [-0.15, -0.1) is 0 Å². The van der Waals surface area contributed by atoms with Gasteiger partial charge < -0.3 is 15.4 Å². The molecule has 1 aliphatic heterocycles. The van der Waals surface area contributed by atoms with Gasteiger partial charge in [-0.3, -0.25) is 4.90 Å². The molecule has 1 rings (SSSR count). The van der Waals surface area contributed by atoms with Gasteiger partial charge in [0.15, 0.2) is 0 Å². The number of hydrogen-bond acceptors (Lipinski definition) is 4. The van der Waals surface area contributed by atoms with Crippen LogP contribution in [0.5, 0.6) is 0 Å². The molecular formula is C11H25N3O. The Labute approximate surface area is 93.4 Å². The van der Waals surface area contributed by atoms with E-state index in [1.165, 1.54) is 19.6 Å². The highest BCUT2D eigenvalue weighted by atomic mass is 16.5. The maximum Gasteiger partial charge on any atom is 0.0477 e. The van der Waals surface area contributed by atoms with Crippen molar-refractivity contribution in [2.75, 3.05) is 59.0 Å². The fraction of sp³-hybridized carbons (Fsp3) is 1.00. The standard InChI is InChI=1S/C11H25N3O/c1-2-15-11-3-4-12-5-8-14-9-6-13-7-10-14/h12-13H,2-11H2,1H3. The highest BCUT2D eigenvalue weighted by Crippen LogP contribution is 1.89. The predicted molar refractivity (Wildman–Crippen MR) is 63.3 cm³/mol. The van der Waals surface area contributed by atoms with Gasteiger partial charge in [-0.25, -0.2) is 0 Å². The van der Waals surface area contributed by atoms with Crippen LogP contribution in [0, 0.1) is 0 Å². The molecule has 0 spiro atoms. The fourth-order valence-electron chi connectivity index (χ4n) is 1.74. The second-order valence-electron chi connectivity index (χ2n) is 3.89. The number of nitrogens with zero attached hydrogens (tertiary/aromatic N) is 1. The van der Waals surface area contributed by atoms with Gasteiger partial charge in [-0.05, 0) is 19.9 Å². The third-order valence-corrected chi connectivity index (χ3v) is 2.66. The van der Waals surface area contributed by atoms with Crippen molar-refractivity contribution in [3.63, 3.8) is 0 Å². The summed E-state index contributed by atoms with van der Waals surface area (Å²) < 4.78 is 5.27. The van der Waals surface area contributed by atoms with E-state index >= 15 is 0 Å². The molecule has 0 saturated carbocycles. The van der Waals surface area contributed by atoms with Crippen LogP contribution >= 0.6 is 0 Å². The summed E-state index contributed by atoms with van der Waals surface area (Å²) in [5.41, 5.74) is 0. The van der Waals surface area contributed by atoms with Crippen molar-refractivity contribution in [2.45, 2.75) is 13.3 Å². The Bertz CT molecular complexity index is 138. The van der Waals surface area contributed by atoms with E-state index in [-0.39, 0.29) is 0 Å². The summed E-state index contributed by atoms with van der Waals surface area (Å²) in [5, 5.41) is 6.81. The Hall–Kier alpha value is -0.160. The van der Waals surface area contributed by atoms with Crippen LogP contribution in [0.15, 0.2) is 0 Å². The molecule has 0 aromatic heterocycles. The lowest BCUT2D eigenvalue weighted by Crippen LogP contribution is -2.45. The number of ether oxygens (including phenoxy) is 1. The van der Waals surface area contributed by atoms with Gasteiger partial charge >= 0.3 is 0 Å². The molecule has 1 fully saturated rings. The van der Waals surface area contributed by atoms with Crippen molar-refractivity contribution in [3.8, 4) is 0 Å². The molecule has 0 radical (unpaired) electrons. The maximum absolute atomic E-state index is 5.27. The molecule has 15 heavy (non-hydrogen) atoms. The first kappa shape index (κ1) is 12.9. The summed E-state index contributed by atoms with van der Waals surface area (Å²) in [7, 11) is 0. The first-order chi connectivity index (χ1) is 7.43. The normalized spacial score (nSPS) is 18.2. The lowest BCUT2D eigenvalue weighted by molar-refractivity contribution is 0.144. The minimum Gasteiger partial charge on any atom is -0.382 e. The molecule has 0 amide bonds. The molecule has 0 aliphatic carbocycles. The third-order valence-electron chi connectivity index (χ3n) is 2.66. The second kappa shape index (κ2) is 9.09. The minimum absolute atomic E-state index is 0.834. The first-order valence-electron chi connectivity index (χ1n) is 6.15. The van der Waals surface area contributed by atoms with Gasteiger partial charge in [0.2, 0.25) is 0 Å². The molecule has 0 atom stereocenters. The van der Waals surface area contributed by atoms with Crippen molar-refractivity contribution in [2.24, 2.45) is 0 Å². The van der Waals surface area contributed by atoms with E-state index in [0.29, 0.717) is 0 Å². The SMILES string of the molecule is CCOCCCNCCN1CCNCC1. The molecule has 1 aliphatic rings. The van der Waals surface area contributed by atoms with E-state index in [2.05, 4.69) is 15.5 Å². The van der Waals surface area contributed by atoms with Crippen molar-refractivity contribution in [3.05, 3.63) is 0 Å². The zero-order chi connectivity index (χ0) is 10.8. The Balaban J connectivity index is 1.79. The molecule has 4 nitrogen and oxygen atoms in total. The van der Waals surface area contributed by atoms with E-state index in [1.807, 2.05) is 6.92 Å². The molecular weight excluding hydrogens is 190 g/mol. The van der Waals surface area contributed by atoms with Gasteiger partial charge in [0.1, 0.15) is 0 Å². The Morgan fingerprint density at radius 2 is 2.07 bits per heavy atom. The van der Waals surface area contributed by atoms with Gasteiger partial charge in [0.05, 0.1) is 0 Å². The van der Waals surface area contributed by atoms with E-state index in [0.717, 1.165) is 45.8 Å². The van der Waals surface area contributed by atoms with Crippen LogP contribution in [0.4, 0.5) is 0 Å². The van der Waals surface area contributed by atoms with E-state index < -0.39 is 0 Å². The summed E-state index contributed by atoms with van der Waals surface area (Å²) in [6.45, 7) is 11.8. The predicted octanol–water partition coefficient (Wildman–Crippen LogP) is -0.0922. The Morgan fingerprint density at radius 3 is 2.80 bits per heavy atom. The lowest BCUT2D eigenvalue weighted by Gasteiger charge is -2.27. The van der Waals surface area contributed by atoms with Crippen LogP contribution in [0.2, 0.25) is 0 Å². The molecule has 0 aromatic rings. The highest BCUT2D eigenvalue weighted by molar-refractivity contribution is 4.67. The summed E-state index contributed by atoms with van der Waals surface area (Å²) in [5.74, 6) is 0. The fourth-order valence-corrected chi connectivity index (χ4v) is 1.74. The molecule has 1 saturated heterocycles. The third kappa shape index (κ3) is 6.84. The number of rotatable bonds is 8. The highest BCUT2D eigenvalue weighted by Gasteiger charge is 2.07. The number of piperazine rings is 1.